The van der Waals surface area contributed by atoms with Gasteiger partial charge in [0, 0.05) is 75.4 Å². The lowest BCUT2D eigenvalue weighted by Gasteiger charge is -2.34. The number of benzene rings is 1. The number of thioether (sulfide) groups is 1. The van der Waals surface area contributed by atoms with Gasteiger partial charge in [0.05, 0.1) is 6.42 Å². The molecule has 1 aromatic carbocycles. The number of carbonyl (C=O) groups is 2. The van der Waals surface area contributed by atoms with Gasteiger partial charge in [0.15, 0.2) is 0 Å². The van der Waals surface area contributed by atoms with E-state index >= 15 is 0 Å². The summed E-state index contributed by atoms with van der Waals surface area (Å²) >= 11 is 1.90. The van der Waals surface area contributed by atoms with Crippen molar-refractivity contribution in [3.63, 3.8) is 0 Å². The average Bonchev–Trinajstić information content (AvgIpc) is 2.82. The second-order valence-corrected chi connectivity index (χ2v) is 9.15. The number of nitrogens with one attached hydrogen (secondary N) is 1. The van der Waals surface area contributed by atoms with E-state index in [0.717, 1.165) is 55.5 Å². The second-order valence-electron chi connectivity index (χ2n) is 7.92. The lowest BCUT2D eigenvalue weighted by Crippen LogP contribution is -2.49. The van der Waals surface area contributed by atoms with Gasteiger partial charge >= 0.3 is 6.03 Å². The zero-order valence-corrected chi connectivity index (χ0v) is 18.5. The number of rotatable bonds is 5. The number of piperazine rings is 1. The van der Waals surface area contributed by atoms with E-state index in [1.807, 2.05) is 58.1 Å². The molecule has 164 valence electrons. The van der Waals surface area contributed by atoms with Crippen LogP contribution in [0.3, 0.4) is 0 Å². The molecule has 0 radical (unpaired) electrons. The van der Waals surface area contributed by atoms with E-state index in [4.69, 9.17) is 0 Å². The molecular weight excluding hydrogens is 410 g/mol. The lowest BCUT2D eigenvalue weighted by atomic mass is 10.1. The Morgan fingerprint density at radius 3 is 2.32 bits per heavy atom. The zero-order valence-electron chi connectivity index (χ0n) is 17.7. The monoisotopic (exact) mass is 439 g/mol. The number of hydrogen-bond donors (Lipinski definition) is 1. The number of aromatic nitrogens is 1. The first-order chi connectivity index (χ1) is 15.2. The summed E-state index contributed by atoms with van der Waals surface area (Å²) in [5.74, 6) is 2.23. The van der Waals surface area contributed by atoms with E-state index in [1.165, 1.54) is 5.56 Å². The normalized spacial score (nSPS) is 17.4. The molecule has 3 heterocycles. The Morgan fingerprint density at radius 2 is 1.65 bits per heavy atom. The molecule has 0 saturated carbocycles. The number of carbonyl (C=O) groups excluding carboxylic acids is 2. The van der Waals surface area contributed by atoms with Crippen LogP contribution < -0.4 is 5.32 Å². The van der Waals surface area contributed by atoms with E-state index in [-0.39, 0.29) is 11.9 Å². The Kier molecular flexibility index (Phi) is 7.43. The Labute approximate surface area is 187 Å². The van der Waals surface area contributed by atoms with Gasteiger partial charge in [0.25, 0.3) is 0 Å². The standard InChI is InChI=1S/C23H29N5O2S/c29-22(27-12-14-31-15-13-27)16-19-3-5-21(6-4-19)25-23(30)28-10-8-26(9-11-28)18-20-2-1-7-24-17-20/h1-7,17H,8-16,18H2,(H,25,30). The molecule has 2 aromatic rings. The first-order valence-corrected chi connectivity index (χ1v) is 11.9. The minimum atomic E-state index is -0.0735. The fraction of sp³-hybridized carbons (Fsp3) is 0.435. The van der Waals surface area contributed by atoms with Gasteiger partial charge in [0.2, 0.25) is 5.91 Å². The van der Waals surface area contributed by atoms with Gasteiger partial charge in [-0.25, -0.2) is 4.79 Å². The van der Waals surface area contributed by atoms with Crippen molar-refractivity contribution in [2.45, 2.75) is 13.0 Å². The number of amides is 3. The summed E-state index contributed by atoms with van der Waals surface area (Å²) in [7, 11) is 0. The fourth-order valence-corrected chi connectivity index (χ4v) is 4.77. The molecule has 3 amide bonds. The number of hydrogen-bond acceptors (Lipinski definition) is 5. The zero-order chi connectivity index (χ0) is 21.5. The lowest BCUT2D eigenvalue weighted by molar-refractivity contribution is -0.130. The maximum absolute atomic E-state index is 12.6. The molecule has 2 saturated heterocycles. The third kappa shape index (κ3) is 6.21. The quantitative estimate of drug-likeness (QED) is 0.776. The van der Waals surface area contributed by atoms with Gasteiger partial charge in [-0.3, -0.25) is 14.7 Å². The maximum atomic E-state index is 12.6. The highest BCUT2D eigenvalue weighted by molar-refractivity contribution is 7.99. The Hall–Kier alpha value is -2.58. The molecule has 7 nitrogen and oxygen atoms in total. The molecule has 2 fully saturated rings. The number of anilines is 1. The van der Waals surface area contributed by atoms with E-state index in [0.29, 0.717) is 19.5 Å². The average molecular weight is 440 g/mol. The maximum Gasteiger partial charge on any atom is 0.321 e. The van der Waals surface area contributed by atoms with E-state index < -0.39 is 0 Å². The van der Waals surface area contributed by atoms with Crippen LogP contribution in [0.2, 0.25) is 0 Å². The fourth-order valence-electron chi connectivity index (χ4n) is 3.87. The third-order valence-corrected chi connectivity index (χ3v) is 6.66. The van der Waals surface area contributed by atoms with Crippen molar-refractivity contribution >= 4 is 29.4 Å². The highest BCUT2D eigenvalue weighted by Crippen LogP contribution is 2.15. The van der Waals surface area contributed by atoms with Crippen LogP contribution in [0, 0.1) is 0 Å². The minimum absolute atomic E-state index is 0.0735. The van der Waals surface area contributed by atoms with Crippen LogP contribution in [0.1, 0.15) is 11.1 Å². The Balaban J connectivity index is 1.22. The Morgan fingerprint density at radius 1 is 0.903 bits per heavy atom. The molecule has 1 N–H and O–H groups in total. The number of pyridine rings is 1. The van der Waals surface area contributed by atoms with Crippen LogP contribution in [-0.2, 0) is 17.8 Å². The van der Waals surface area contributed by atoms with Crippen molar-refractivity contribution in [2.75, 3.05) is 56.1 Å². The topological polar surface area (TPSA) is 68.8 Å². The second kappa shape index (κ2) is 10.6. The van der Waals surface area contributed by atoms with Gasteiger partial charge < -0.3 is 15.1 Å². The van der Waals surface area contributed by atoms with Crippen molar-refractivity contribution < 1.29 is 9.59 Å². The first-order valence-electron chi connectivity index (χ1n) is 10.8. The molecule has 2 aliphatic rings. The smallest absolute Gasteiger partial charge is 0.321 e. The van der Waals surface area contributed by atoms with Crippen LogP contribution in [0.25, 0.3) is 0 Å². The summed E-state index contributed by atoms with van der Waals surface area (Å²) < 4.78 is 0. The SMILES string of the molecule is O=C(Cc1ccc(NC(=O)N2CCN(Cc3cccnc3)CC2)cc1)N1CCSCC1. The molecule has 0 aliphatic carbocycles. The molecular formula is C23H29N5O2S. The van der Waals surface area contributed by atoms with Crippen molar-refractivity contribution in [3.8, 4) is 0 Å². The highest BCUT2D eigenvalue weighted by atomic mass is 32.2. The van der Waals surface area contributed by atoms with Crippen LogP contribution in [0.4, 0.5) is 10.5 Å². The summed E-state index contributed by atoms with van der Waals surface area (Å²) in [6.45, 7) is 5.64. The van der Waals surface area contributed by atoms with E-state index in [2.05, 4.69) is 21.3 Å². The van der Waals surface area contributed by atoms with Crippen molar-refractivity contribution in [1.82, 2.24) is 19.7 Å². The van der Waals surface area contributed by atoms with Crippen LogP contribution in [0.5, 0.6) is 0 Å². The molecule has 31 heavy (non-hydrogen) atoms. The predicted octanol–water partition coefficient (Wildman–Crippen LogP) is 2.55. The van der Waals surface area contributed by atoms with Crippen LogP contribution in [0.15, 0.2) is 48.8 Å². The molecule has 8 heteroatoms. The Bertz CT molecular complexity index is 863. The molecule has 0 bridgehead atoms. The predicted molar refractivity (Wildman–Crippen MR) is 124 cm³/mol. The number of nitrogens with zero attached hydrogens (tertiary/aromatic N) is 4. The molecule has 4 rings (SSSR count). The molecule has 2 aliphatic heterocycles. The first kappa shape index (κ1) is 21.6. The third-order valence-electron chi connectivity index (χ3n) is 5.71. The van der Waals surface area contributed by atoms with Gasteiger partial charge in [-0.05, 0) is 29.3 Å². The largest absolute Gasteiger partial charge is 0.341 e. The van der Waals surface area contributed by atoms with Crippen LogP contribution in [-0.4, -0.2) is 82.4 Å². The van der Waals surface area contributed by atoms with E-state index in [9.17, 15) is 9.59 Å². The number of urea groups is 1. The van der Waals surface area contributed by atoms with E-state index in [1.54, 1.807) is 6.20 Å². The van der Waals surface area contributed by atoms with Gasteiger partial charge in [-0.1, -0.05) is 18.2 Å². The van der Waals surface area contributed by atoms with Gasteiger partial charge in [-0.15, -0.1) is 0 Å². The van der Waals surface area contributed by atoms with Crippen molar-refractivity contribution in [3.05, 3.63) is 59.9 Å². The minimum Gasteiger partial charge on any atom is -0.341 e. The molecule has 1 aromatic heterocycles. The summed E-state index contributed by atoms with van der Waals surface area (Å²) in [5.41, 5.74) is 2.93. The van der Waals surface area contributed by atoms with Gasteiger partial charge in [-0.2, -0.15) is 11.8 Å². The highest BCUT2D eigenvalue weighted by Gasteiger charge is 2.21. The summed E-state index contributed by atoms with van der Waals surface area (Å²) in [4.78, 5) is 35.3. The van der Waals surface area contributed by atoms with Crippen LogP contribution >= 0.6 is 11.8 Å². The van der Waals surface area contributed by atoms with Gasteiger partial charge in [0.1, 0.15) is 0 Å². The molecule has 0 spiro atoms. The molecule has 0 atom stereocenters. The summed E-state index contributed by atoms with van der Waals surface area (Å²) in [5, 5.41) is 2.98. The summed E-state index contributed by atoms with van der Waals surface area (Å²) in [6, 6.07) is 11.6. The van der Waals surface area contributed by atoms with Crippen molar-refractivity contribution in [1.29, 1.82) is 0 Å². The molecule has 0 unspecified atom stereocenters. The van der Waals surface area contributed by atoms with Crippen molar-refractivity contribution in [2.24, 2.45) is 0 Å². The summed E-state index contributed by atoms with van der Waals surface area (Å²) in [6.07, 6.45) is 4.09.